The van der Waals surface area contributed by atoms with E-state index in [0.29, 0.717) is 32.2 Å². The Morgan fingerprint density at radius 1 is 0.950 bits per heavy atom. The number of ether oxygens (including phenoxy) is 1. The molecule has 3 aliphatic rings. The maximum Gasteiger partial charge on any atom is 0.309 e. The van der Waals surface area contributed by atoms with Gasteiger partial charge in [0.2, 0.25) is 11.8 Å². The van der Waals surface area contributed by atoms with Crippen molar-refractivity contribution >= 4 is 17.8 Å². The molecule has 212 valence electrons. The number of amides is 2. The molecule has 0 saturated heterocycles. The monoisotopic (exact) mass is 544 g/mol. The zero-order valence-electron chi connectivity index (χ0n) is 23.1. The molecule has 40 heavy (non-hydrogen) atoms. The molecule has 1 aliphatic carbocycles. The van der Waals surface area contributed by atoms with Crippen LogP contribution in [-0.4, -0.2) is 52.6 Å². The summed E-state index contributed by atoms with van der Waals surface area (Å²) in [6, 6.07) is 17.6. The third-order valence-corrected chi connectivity index (χ3v) is 8.78. The maximum absolute atomic E-state index is 13.6. The largest absolute Gasteiger partial charge is 0.463 e. The van der Waals surface area contributed by atoms with Crippen LogP contribution in [0.2, 0.25) is 0 Å². The first-order valence-corrected chi connectivity index (χ1v) is 14.6. The summed E-state index contributed by atoms with van der Waals surface area (Å²) in [4.78, 5) is 42.1. The van der Waals surface area contributed by atoms with Gasteiger partial charge in [0, 0.05) is 13.0 Å². The van der Waals surface area contributed by atoms with Crippen molar-refractivity contribution in [3.05, 3.63) is 83.4 Å². The van der Waals surface area contributed by atoms with Gasteiger partial charge >= 0.3 is 5.97 Å². The molecule has 0 aromatic heterocycles. The van der Waals surface area contributed by atoms with E-state index >= 15 is 0 Å². The smallest absolute Gasteiger partial charge is 0.309 e. The van der Waals surface area contributed by atoms with E-state index in [2.05, 4.69) is 5.32 Å². The second-order valence-corrected chi connectivity index (χ2v) is 11.6. The van der Waals surface area contributed by atoms with Crippen LogP contribution < -0.4 is 5.32 Å². The molecular formula is C33H40N2O5. The first-order valence-electron chi connectivity index (χ1n) is 14.6. The number of nitrogens with one attached hydrogen (secondary N) is 1. The summed E-state index contributed by atoms with van der Waals surface area (Å²) in [6.07, 6.45) is 9.48. The van der Waals surface area contributed by atoms with Crippen molar-refractivity contribution in [1.29, 1.82) is 0 Å². The van der Waals surface area contributed by atoms with E-state index in [-0.39, 0.29) is 49.4 Å². The fraction of sp³-hybridized carbons (Fsp3) is 0.485. The Hall–Kier alpha value is -3.45. The number of hydrogen-bond acceptors (Lipinski definition) is 5. The van der Waals surface area contributed by atoms with Crippen LogP contribution in [0, 0.1) is 11.8 Å². The van der Waals surface area contributed by atoms with Crippen LogP contribution >= 0.6 is 0 Å². The minimum Gasteiger partial charge on any atom is -0.463 e. The molecule has 1 saturated carbocycles. The number of nitrogens with zero attached hydrogens (tertiary/aromatic N) is 1. The molecule has 2 aliphatic heterocycles. The molecule has 1 fully saturated rings. The molecule has 2 aromatic carbocycles. The topological polar surface area (TPSA) is 95.9 Å². The zero-order chi connectivity index (χ0) is 28.0. The summed E-state index contributed by atoms with van der Waals surface area (Å²) in [5.41, 5.74) is 2.73. The van der Waals surface area contributed by atoms with Gasteiger partial charge in [0.15, 0.2) is 0 Å². The molecule has 7 heteroatoms. The number of esters is 1. The molecule has 0 radical (unpaired) electrons. The molecule has 5 rings (SSSR count). The first kappa shape index (κ1) is 28.1. The van der Waals surface area contributed by atoms with E-state index in [9.17, 15) is 19.5 Å². The van der Waals surface area contributed by atoms with Crippen molar-refractivity contribution in [2.24, 2.45) is 11.8 Å². The predicted octanol–water partition coefficient (Wildman–Crippen LogP) is 4.12. The van der Waals surface area contributed by atoms with Crippen LogP contribution in [0.3, 0.4) is 0 Å². The molecule has 7 nitrogen and oxygen atoms in total. The average molecular weight is 545 g/mol. The standard InChI is InChI=1S/C33H40N2O5/c36-22-29-19-25-12-4-7-15-28(25)21-35(29)30(37)20-26-13-5-6-14-27(18-24-10-2-1-3-11-24)32(39)40-23-33(34-31(26)38)16-8-9-17-33/h1-7,10-12,15,26-27,29,36H,8-9,13-14,16-23H2,(H,34,38). The van der Waals surface area contributed by atoms with Gasteiger partial charge in [-0.15, -0.1) is 0 Å². The van der Waals surface area contributed by atoms with Gasteiger partial charge in [-0.1, -0.05) is 79.6 Å². The Labute approximate surface area is 236 Å². The van der Waals surface area contributed by atoms with Gasteiger partial charge in [0.1, 0.15) is 6.61 Å². The summed E-state index contributed by atoms with van der Waals surface area (Å²) in [5.74, 6) is -1.38. The van der Waals surface area contributed by atoms with Crippen molar-refractivity contribution in [3.63, 3.8) is 0 Å². The van der Waals surface area contributed by atoms with E-state index in [1.54, 1.807) is 4.90 Å². The Morgan fingerprint density at radius 2 is 1.62 bits per heavy atom. The number of cyclic esters (lactones) is 1. The van der Waals surface area contributed by atoms with Gasteiger partial charge < -0.3 is 20.1 Å². The number of carbonyl (C=O) groups excluding carboxylic acids is 3. The van der Waals surface area contributed by atoms with Crippen LogP contribution in [0.1, 0.15) is 61.6 Å². The fourth-order valence-electron chi connectivity index (χ4n) is 6.38. The first-order chi connectivity index (χ1) is 19.5. The number of benzene rings is 2. The van der Waals surface area contributed by atoms with E-state index in [1.807, 2.05) is 66.7 Å². The van der Waals surface area contributed by atoms with E-state index in [0.717, 1.165) is 42.4 Å². The summed E-state index contributed by atoms with van der Waals surface area (Å²) in [7, 11) is 0. The van der Waals surface area contributed by atoms with Crippen molar-refractivity contribution in [1.82, 2.24) is 10.2 Å². The summed E-state index contributed by atoms with van der Waals surface area (Å²) >= 11 is 0. The van der Waals surface area contributed by atoms with Gasteiger partial charge in [-0.3, -0.25) is 14.4 Å². The Balaban J connectivity index is 1.34. The van der Waals surface area contributed by atoms with Crippen LogP contribution in [0.5, 0.6) is 0 Å². The lowest BCUT2D eigenvalue weighted by atomic mass is 9.90. The highest BCUT2D eigenvalue weighted by Gasteiger charge is 2.40. The molecule has 0 bridgehead atoms. The van der Waals surface area contributed by atoms with Crippen molar-refractivity contribution in [3.8, 4) is 0 Å². The van der Waals surface area contributed by atoms with Crippen molar-refractivity contribution in [2.75, 3.05) is 13.2 Å². The van der Waals surface area contributed by atoms with E-state index < -0.39 is 11.5 Å². The molecule has 2 amide bonds. The number of fused-ring (bicyclic) bond motifs is 1. The zero-order valence-corrected chi connectivity index (χ0v) is 23.1. The van der Waals surface area contributed by atoms with E-state index in [4.69, 9.17) is 4.74 Å². The van der Waals surface area contributed by atoms with E-state index in [1.165, 1.54) is 0 Å². The Kier molecular flexibility index (Phi) is 9.00. The summed E-state index contributed by atoms with van der Waals surface area (Å²) < 4.78 is 5.87. The second kappa shape index (κ2) is 12.8. The number of hydrogen-bond donors (Lipinski definition) is 2. The van der Waals surface area contributed by atoms with Crippen LogP contribution in [-0.2, 0) is 38.5 Å². The highest BCUT2D eigenvalue weighted by molar-refractivity contribution is 5.87. The quantitative estimate of drug-likeness (QED) is 0.436. The Morgan fingerprint density at radius 3 is 2.35 bits per heavy atom. The fourth-order valence-corrected chi connectivity index (χ4v) is 6.38. The van der Waals surface area contributed by atoms with Crippen molar-refractivity contribution in [2.45, 2.75) is 75.9 Å². The van der Waals surface area contributed by atoms with Gasteiger partial charge in [-0.05, 0) is 55.2 Å². The highest BCUT2D eigenvalue weighted by Crippen LogP contribution is 2.32. The second-order valence-electron chi connectivity index (χ2n) is 11.6. The van der Waals surface area contributed by atoms with Crippen LogP contribution in [0.15, 0.2) is 66.7 Å². The SMILES string of the molecule is O=C1NC2(CCCC2)COC(=O)C(Cc2ccccc2)CC=CCC1CC(=O)N1Cc2ccccc2CC1CO. The van der Waals surface area contributed by atoms with Crippen molar-refractivity contribution < 1.29 is 24.2 Å². The van der Waals surface area contributed by atoms with Gasteiger partial charge in [0.05, 0.1) is 30.0 Å². The average Bonchev–Trinajstić information content (AvgIpc) is 3.44. The molecule has 2 heterocycles. The number of allylic oxidation sites excluding steroid dienone is 2. The third-order valence-electron chi connectivity index (χ3n) is 8.78. The van der Waals surface area contributed by atoms with Gasteiger partial charge in [-0.25, -0.2) is 0 Å². The molecule has 2 aromatic rings. The highest BCUT2D eigenvalue weighted by atomic mass is 16.5. The van der Waals surface area contributed by atoms with Crippen LogP contribution in [0.4, 0.5) is 0 Å². The molecule has 3 atom stereocenters. The summed E-state index contributed by atoms with van der Waals surface area (Å²) in [6.45, 7) is 0.475. The third kappa shape index (κ3) is 6.64. The predicted molar refractivity (Wildman–Crippen MR) is 152 cm³/mol. The lowest BCUT2D eigenvalue weighted by Gasteiger charge is -2.37. The maximum atomic E-state index is 13.6. The van der Waals surface area contributed by atoms with Gasteiger partial charge in [0.25, 0.3) is 0 Å². The molecule has 2 N–H and O–H groups in total. The Bertz CT molecular complexity index is 1220. The van der Waals surface area contributed by atoms with Gasteiger partial charge in [-0.2, -0.15) is 0 Å². The minimum atomic E-state index is -0.591. The lowest BCUT2D eigenvalue weighted by molar-refractivity contribution is -0.152. The summed E-state index contributed by atoms with van der Waals surface area (Å²) in [5, 5.41) is 13.3. The minimum absolute atomic E-state index is 0.0676. The number of carbonyl (C=O) groups is 3. The number of rotatable bonds is 5. The molecule has 1 spiro atoms. The number of aliphatic hydroxyl groups is 1. The van der Waals surface area contributed by atoms with Crippen LogP contribution in [0.25, 0.3) is 0 Å². The molecular weight excluding hydrogens is 504 g/mol. The molecule has 3 unspecified atom stereocenters. The number of aliphatic hydroxyl groups excluding tert-OH is 1. The lowest BCUT2D eigenvalue weighted by Crippen LogP contribution is -2.53. The normalized spacial score (nSPS) is 24.9.